The monoisotopic (exact) mass is 295 g/mol. The van der Waals surface area contributed by atoms with Gasteiger partial charge < -0.3 is 19.9 Å². The molecule has 120 valence electrons. The molecular weight excluding hydrogens is 266 g/mol. The van der Waals surface area contributed by atoms with Crippen molar-refractivity contribution in [2.75, 3.05) is 20.8 Å². The molecule has 4 nitrogen and oxygen atoms in total. The summed E-state index contributed by atoms with van der Waals surface area (Å²) in [6.07, 6.45) is -0.378. The van der Waals surface area contributed by atoms with E-state index in [1.54, 1.807) is 14.2 Å². The van der Waals surface area contributed by atoms with Crippen LogP contribution in [0.3, 0.4) is 0 Å². The van der Waals surface area contributed by atoms with Crippen LogP contribution in [0.4, 0.5) is 0 Å². The van der Waals surface area contributed by atoms with Crippen LogP contribution in [0.2, 0.25) is 0 Å². The number of aliphatic hydroxyl groups excluding tert-OH is 1. The average molecular weight is 295 g/mol. The zero-order valence-electron chi connectivity index (χ0n) is 14.1. The highest BCUT2D eigenvalue weighted by molar-refractivity contribution is 5.38. The molecule has 0 fully saturated rings. The summed E-state index contributed by atoms with van der Waals surface area (Å²) < 4.78 is 10.5. The summed E-state index contributed by atoms with van der Waals surface area (Å²) in [5.41, 5.74) is 2.07. The lowest BCUT2D eigenvalue weighted by atomic mass is 9.89. The van der Waals surface area contributed by atoms with Gasteiger partial charge in [-0.25, -0.2) is 0 Å². The SMILES string of the molecule is COCc1cc(C(C)NCC(O)C(C)(C)C)ccc1OC. The number of nitrogens with one attached hydrogen (secondary N) is 1. The maximum Gasteiger partial charge on any atom is 0.124 e. The zero-order valence-corrected chi connectivity index (χ0v) is 14.1. The van der Waals surface area contributed by atoms with Crippen LogP contribution in [0.25, 0.3) is 0 Å². The Morgan fingerprint density at radius 1 is 1.24 bits per heavy atom. The first-order chi connectivity index (χ1) is 9.79. The van der Waals surface area contributed by atoms with Crippen LogP contribution in [-0.2, 0) is 11.3 Å². The molecule has 1 rings (SSSR count). The van der Waals surface area contributed by atoms with Crippen molar-refractivity contribution in [1.29, 1.82) is 0 Å². The first kappa shape index (κ1) is 18.0. The Morgan fingerprint density at radius 3 is 2.43 bits per heavy atom. The van der Waals surface area contributed by atoms with E-state index >= 15 is 0 Å². The van der Waals surface area contributed by atoms with Gasteiger partial charge in [-0.2, -0.15) is 0 Å². The third-order valence-corrected chi connectivity index (χ3v) is 3.72. The van der Waals surface area contributed by atoms with Crippen molar-refractivity contribution >= 4 is 0 Å². The summed E-state index contributed by atoms with van der Waals surface area (Å²) in [4.78, 5) is 0. The normalized spacial score (nSPS) is 14.8. The van der Waals surface area contributed by atoms with E-state index in [4.69, 9.17) is 9.47 Å². The topological polar surface area (TPSA) is 50.7 Å². The van der Waals surface area contributed by atoms with Gasteiger partial charge in [-0.3, -0.25) is 0 Å². The largest absolute Gasteiger partial charge is 0.496 e. The number of methoxy groups -OCH3 is 2. The van der Waals surface area contributed by atoms with Crippen LogP contribution in [0.1, 0.15) is 44.9 Å². The Hall–Kier alpha value is -1.10. The van der Waals surface area contributed by atoms with E-state index < -0.39 is 0 Å². The van der Waals surface area contributed by atoms with Gasteiger partial charge in [0.2, 0.25) is 0 Å². The maximum atomic E-state index is 10.1. The highest BCUT2D eigenvalue weighted by Gasteiger charge is 2.22. The minimum Gasteiger partial charge on any atom is -0.496 e. The molecule has 1 aromatic carbocycles. The minimum atomic E-state index is -0.378. The number of benzene rings is 1. The van der Waals surface area contributed by atoms with Gasteiger partial charge in [0.05, 0.1) is 19.8 Å². The quantitative estimate of drug-likeness (QED) is 0.812. The molecule has 0 aromatic heterocycles. The summed E-state index contributed by atoms with van der Waals surface area (Å²) in [6.45, 7) is 9.29. The molecule has 21 heavy (non-hydrogen) atoms. The number of rotatable bonds is 7. The number of ether oxygens (including phenoxy) is 2. The Kier molecular flexibility index (Phi) is 6.65. The molecule has 0 saturated carbocycles. The van der Waals surface area contributed by atoms with Gasteiger partial charge in [0.1, 0.15) is 5.75 Å². The van der Waals surface area contributed by atoms with Gasteiger partial charge in [0.25, 0.3) is 0 Å². The van der Waals surface area contributed by atoms with Crippen LogP contribution < -0.4 is 10.1 Å². The maximum absolute atomic E-state index is 10.1. The lowest BCUT2D eigenvalue weighted by Crippen LogP contribution is -2.37. The van der Waals surface area contributed by atoms with Crippen molar-refractivity contribution < 1.29 is 14.6 Å². The van der Waals surface area contributed by atoms with E-state index in [-0.39, 0.29) is 17.6 Å². The smallest absolute Gasteiger partial charge is 0.124 e. The lowest BCUT2D eigenvalue weighted by Gasteiger charge is -2.27. The third-order valence-electron chi connectivity index (χ3n) is 3.72. The van der Waals surface area contributed by atoms with Crippen LogP contribution in [0.5, 0.6) is 5.75 Å². The van der Waals surface area contributed by atoms with E-state index in [0.29, 0.717) is 13.2 Å². The second-order valence-electron chi connectivity index (χ2n) is 6.52. The molecule has 0 radical (unpaired) electrons. The lowest BCUT2D eigenvalue weighted by molar-refractivity contribution is 0.0609. The second kappa shape index (κ2) is 7.78. The molecule has 0 aliphatic carbocycles. The summed E-state index contributed by atoms with van der Waals surface area (Å²) >= 11 is 0. The predicted octanol–water partition coefficient (Wildman–Crippen LogP) is 2.90. The standard InChI is InChI=1S/C17H29NO3/c1-12(18-10-16(19)17(2,3)4)13-7-8-15(21-6)14(9-13)11-20-5/h7-9,12,16,18-19H,10-11H2,1-6H3. The number of aliphatic hydroxyl groups is 1. The Labute approximate surface area is 128 Å². The van der Waals surface area contributed by atoms with E-state index in [9.17, 15) is 5.11 Å². The van der Waals surface area contributed by atoms with Crippen molar-refractivity contribution in [1.82, 2.24) is 5.32 Å². The van der Waals surface area contributed by atoms with Crippen LogP contribution >= 0.6 is 0 Å². The zero-order chi connectivity index (χ0) is 16.0. The Morgan fingerprint density at radius 2 is 1.90 bits per heavy atom. The molecule has 0 amide bonds. The van der Waals surface area contributed by atoms with Crippen LogP contribution in [-0.4, -0.2) is 32.0 Å². The van der Waals surface area contributed by atoms with Crippen molar-refractivity contribution in [3.63, 3.8) is 0 Å². The first-order valence-corrected chi connectivity index (χ1v) is 7.36. The van der Waals surface area contributed by atoms with Crippen molar-refractivity contribution in [2.24, 2.45) is 5.41 Å². The molecule has 1 aromatic rings. The highest BCUT2D eigenvalue weighted by atomic mass is 16.5. The molecule has 2 N–H and O–H groups in total. The van der Waals surface area contributed by atoms with Crippen molar-refractivity contribution in [3.8, 4) is 5.75 Å². The second-order valence-corrected chi connectivity index (χ2v) is 6.52. The van der Waals surface area contributed by atoms with Crippen LogP contribution in [0.15, 0.2) is 18.2 Å². The fraction of sp³-hybridized carbons (Fsp3) is 0.647. The van der Waals surface area contributed by atoms with E-state index in [2.05, 4.69) is 18.3 Å². The minimum absolute atomic E-state index is 0.117. The van der Waals surface area contributed by atoms with Gasteiger partial charge in [-0.15, -0.1) is 0 Å². The summed E-state index contributed by atoms with van der Waals surface area (Å²) in [7, 11) is 3.34. The van der Waals surface area contributed by atoms with E-state index in [1.165, 1.54) is 0 Å². The van der Waals surface area contributed by atoms with Gasteiger partial charge >= 0.3 is 0 Å². The van der Waals surface area contributed by atoms with Gasteiger partial charge in [0, 0.05) is 25.3 Å². The highest BCUT2D eigenvalue weighted by Crippen LogP contribution is 2.24. The summed E-state index contributed by atoms with van der Waals surface area (Å²) in [5, 5.41) is 13.5. The fourth-order valence-corrected chi connectivity index (χ4v) is 2.05. The Bertz CT molecular complexity index is 440. The van der Waals surface area contributed by atoms with Gasteiger partial charge in [-0.05, 0) is 30.0 Å². The van der Waals surface area contributed by atoms with Gasteiger partial charge in [-0.1, -0.05) is 26.8 Å². The number of hydrogen-bond acceptors (Lipinski definition) is 4. The fourth-order valence-electron chi connectivity index (χ4n) is 2.05. The van der Waals surface area contributed by atoms with Crippen molar-refractivity contribution in [2.45, 2.75) is 46.4 Å². The van der Waals surface area contributed by atoms with E-state index in [1.807, 2.05) is 32.9 Å². The predicted molar refractivity (Wildman–Crippen MR) is 85.6 cm³/mol. The third kappa shape index (κ3) is 5.30. The molecule has 0 aliphatic rings. The molecule has 0 aliphatic heterocycles. The summed E-state index contributed by atoms with van der Waals surface area (Å²) in [6, 6.07) is 6.24. The van der Waals surface area contributed by atoms with E-state index in [0.717, 1.165) is 16.9 Å². The Balaban J connectivity index is 2.74. The molecular formula is C17H29NO3. The molecule has 2 atom stereocenters. The molecule has 4 heteroatoms. The van der Waals surface area contributed by atoms with Gasteiger partial charge in [0.15, 0.2) is 0 Å². The van der Waals surface area contributed by atoms with Crippen LogP contribution in [0, 0.1) is 5.41 Å². The average Bonchev–Trinajstić information content (AvgIpc) is 2.43. The number of hydrogen-bond donors (Lipinski definition) is 2. The molecule has 0 spiro atoms. The van der Waals surface area contributed by atoms with Crippen molar-refractivity contribution in [3.05, 3.63) is 29.3 Å². The first-order valence-electron chi connectivity index (χ1n) is 7.36. The molecule has 2 unspecified atom stereocenters. The molecule has 0 saturated heterocycles. The molecule has 0 bridgehead atoms. The summed E-state index contributed by atoms with van der Waals surface area (Å²) in [5.74, 6) is 0.836. The molecule has 0 heterocycles.